The van der Waals surface area contributed by atoms with Crippen molar-refractivity contribution in [2.24, 2.45) is 0 Å². The zero-order valence-electron chi connectivity index (χ0n) is 15.1. The molecule has 0 saturated heterocycles. The van der Waals surface area contributed by atoms with Crippen molar-refractivity contribution < 1.29 is 27.7 Å². The lowest BCUT2D eigenvalue weighted by Crippen LogP contribution is -2.41. The first-order chi connectivity index (χ1) is 12.4. The van der Waals surface area contributed by atoms with Gasteiger partial charge in [0.2, 0.25) is 15.9 Å². The van der Waals surface area contributed by atoms with Gasteiger partial charge < -0.3 is 15.4 Å². The first kappa shape index (κ1) is 22.3. The third kappa shape index (κ3) is 8.46. The summed E-state index contributed by atoms with van der Waals surface area (Å²) >= 11 is 0. The van der Waals surface area contributed by atoms with Gasteiger partial charge in [0, 0.05) is 25.2 Å². The van der Waals surface area contributed by atoms with Gasteiger partial charge in [-0.15, -0.1) is 0 Å². The van der Waals surface area contributed by atoms with Crippen molar-refractivity contribution >= 4 is 27.7 Å². The summed E-state index contributed by atoms with van der Waals surface area (Å²) in [5, 5.41) is 15.3. The largest absolute Gasteiger partial charge is 0.444 e. The molecule has 0 heterocycles. The molecule has 3 N–H and O–H groups in total. The normalized spacial score (nSPS) is 11.5. The van der Waals surface area contributed by atoms with Crippen LogP contribution in [0.4, 0.5) is 10.5 Å². The number of nitro benzene ring substituents is 1. The Balaban J connectivity index is 2.36. The second kappa shape index (κ2) is 9.28. The van der Waals surface area contributed by atoms with Crippen LogP contribution in [0.2, 0.25) is 0 Å². The summed E-state index contributed by atoms with van der Waals surface area (Å²) in [6, 6.07) is 4.39. The third-order valence-electron chi connectivity index (χ3n) is 2.89. The zero-order chi connectivity index (χ0) is 20.7. The number of sulfonamides is 1. The fourth-order valence-electron chi connectivity index (χ4n) is 1.75. The summed E-state index contributed by atoms with van der Waals surface area (Å²) < 4.78 is 31.3. The molecular weight excluding hydrogens is 380 g/mol. The van der Waals surface area contributed by atoms with Crippen LogP contribution in [-0.4, -0.2) is 50.6 Å². The van der Waals surface area contributed by atoms with Crippen LogP contribution in [0.1, 0.15) is 20.8 Å². The van der Waals surface area contributed by atoms with Crippen LogP contribution in [0.3, 0.4) is 0 Å². The van der Waals surface area contributed by atoms with Gasteiger partial charge in [-0.2, -0.15) is 0 Å². The Labute approximate surface area is 156 Å². The molecule has 0 fully saturated rings. The Hall–Kier alpha value is -2.73. The smallest absolute Gasteiger partial charge is 0.408 e. The number of benzene rings is 1. The monoisotopic (exact) mass is 402 g/mol. The van der Waals surface area contributed by atoms with E-state index in [2.05, 4.69) is 15.4 Å². The van der Waals surface area contributed by atoms with Crippen molar-refractivity contribution in [1.29, 1.82) is 0 Å². The molecule has 150 valence electrons. The molecule has 1 aromatic carbocycles. The minimum absolute atomic E-state index is 0.0129. The van der Waals surface area contributed by atoms with E-state index in [4.69, 9.17) is 4.74 Å². The Kier molecular flexibility index (Phi) is 7.67. The average Bonchev–Trinajstić information content (AvgIpc) is 2.55. The van der Waals surface area contributed by atoms with Gasteiger partial charge in [0.15, 0.2) is 0 Å². The Morgan fingerprint density at radius 2 is 1.70 bits per heavy atom. The van der Waals surface area contributed by atoms with Crippen LogP contribution >= 0.6 is 0 Å². The summed E-state index contributed by atoms with van der Waals surface area (Å²) in [7, 11) is -3.86. The number of hydrogen-bond acceptors (Lipinski definition) is 7. The third-order valence-corrected chi connectivity index (χ3v) is 4.37. The summed E-state index contributed by atoms with van der Waals surface area (Å²) in [4.78, 5) is 32.8. The molecule has 0 radical (unpaired) electrons. The maximum atomic E-state index is 12.0. The Morgan fingerprint density at radius 1 is 1.11 bits per heavy atom. The molecule has 0 aliphatic heterocycles. The predicted molar refractivity (Wildman–Crippen MR) is 95.5 cm³/mol. The zero-order valence-corrected chi connectivity index (χ0v) is 16.0. The average molecular weight is 402 g/mol. The first-order valence-corrected chi connectivity index (χ1v) is 9.37. The fraction of sp³-hybridized carbons (Fsp3) is 0.467. The van der Waals surface area contributed by atoms with E-state index in [9.17, 15) is 28.1 Å². The van der Waals surface area contributed by atoms with Gasteiger partial charge in [0.25, 0.3) is 5.69 Å². The van der Waals surface area contributed by atoms with Crippen molar-refractivity contribution in [3.63, 3.8) is 0 Å². The molecule has 0 aliphatic rings. The number of amides is 2. The van der Waals surface area contributed by atoms with Crippen LogP contribution in [0.5, 0.6) is 0 Å². The Bertz CT molecular complexity index is 785. The lowest BCUT2D eigenvalue weighted by molar-refractivity contribution is -0.384. The molecule has 1 aromatic rings. The van der Waals surface area contributed by atoms with Crippen molar-refractivity contribution in [2.45, 2.75) is 31.3 Å². The van der Waals surface area contributed by atoms with E-state index in [0.29, 0.717) is 0 Å². The maximum Gasteiger partial charge on any atom is 0.408 e. The first-order valence-electron chi connectivity index (χ1n) is 7.88. The van der Waals surface area contributed by atoms with E-state index in [0.717, 1.165) is 24.3 Å². The number of nitro groups is 1. The molecule has 0 bridgehead atoms. The Morgan fingerprint density at radius 3 is 2.22 bits per heavy atom. The van der Waals surface area contributed by atoms with Gasteiger partial charge in [-0.05, 0) is 32.9 Å². The lowest BCUT2D eigenvalue weighted by Gasteiger charge is -2.19. The molecular formula is C15H22N4O7S. The molecule has 27 heavy (non-hydrogen) atoms. The molecule has 0 aromatic heterocycles. The topological polar surface area (TPSA) is 157 Å². The molecule has 0 aliphatic carbocycles. The number of hydrogen-bond donors (Lipinski definition) is 3. The summed E-state index contributed by atoms with van der Waals surface area (Å²) in [5.74, 6) is -0.518. The molecule has 0 spiro atoms. The quantitative estimate of drug-likeness (QED) is 0.325. The number of carbonyl (C=O) groups is 2. The number of nitrogens with one attached hydrogen (secondary N) is 3. The highest BCUT2D eigenvalue weighted by atomic mass is 32.2. The van der Waals surface area contributed by atoms with Crippen LogP contribution < -0.4 is 15.4 Å². The standard InChI is InChI=1S/C15H22N4O7S/c1-15(2,3)26-14(21)17-10-13(20)16-8-9-18-27(24,25)12-6-4-11(5-7-12)19(22)23/h4-7,18H,8-10H2,1-3H3,(H,16,20)(H,17,21). The van der Waals surface area contributed by atoms with Crippen LogP contribution in [0.15, 0.2) is 29.2 Å². The summed E-state index contributed by atoms with van der Waals surface area (Å²) in [5.41, 5.74) is -0.907. The molecule has 12 heteroatoms. The molecule has 0 atom stereocenters. The van der Waals surface area contributed by atoms with Gasteiger partial charge in [-0.3, -0.25) is 14.9 Å². The van der Waals surface area contributed by atoms with Gasteiger partial charge >= 0.3 is 6.09 Å². The van der Waals surface area contributed by atoms with E-state index < -0.39 is 32.5 Å². The minimum Gasteiger partial charge on any atom is -0.444 e. The number of carbonyl (C=O) groups excluding carboxylic acids is 2. The number of ether oxygens (including phenoxy) is 1. The second-order valence-electron chi connectivity index (χ2n) is 6.35. The van der Waals surface area contributed by atoms with Gasteiger partial charge in [0.1, 0.15) is 5.60 Å². The van der Waals surface area contributed by atoms with E-state index in [-0.39, 0.29) is 30.2 Å². The van der Waals surface area contributed by atoms with Gasteiger partial charge in [-0.25, -0.2) is 17.9 Å². The molecule has 1 rings (SSSR count). The van der Waals surface area contributed by atoms with Crippen molar-refractivity contribution in [3.05, 3.63) is 34.4 Å². The van der Waals surface area contributed by atoms with Crippen molar-refractivity contribution in [2.75, 3.05) is 19.6 Å². The fourth-order valence-corrected chi connectivity index (χ4v) is 2.78. The number of alkyl carbamates (subject to hydrolysis) is 1. The lowest BCUT2D eigenvalue weighted by atomic mass is 10.2. The SMILES string of the molecule is CC(C)(C)OC(=O)NCC(=O)NCCNS(=O)(=O)c1ccc([N+](=O)[O-])cc1. The van der Waals surface area contributed by atoms with Crippen LogP contribution in [0.25, 0.3) is 0 Å². The predicted octanol–water partition coefficient (Wildman–Crippen LogP) is 0.514. The van der Waals surface area contributed by atoms with E-state index >= 15 is 0 Å². The maximum absolute atomic E-state index is 12.0. The van der Waals surface area contributed by atoms with Gasteiger partial charge in [-0.1, -0.05) is 0 Å². The molecule has 0 saturated carbocycles. The molecule has 0 unspecified atom stereocenters. The van der Waals surface area contributed by atoms with Crippen LogP contribution in [-0.2, 0) is 19.6 Å². The highest BCUT2D eigenvalue weighted by molar-refractivity contribution is 7.89. The van der Waals surface area contributed by atoms with E-state index in [1.54, 1.807) is 20.8 Å². The number of nitrogens with zero attached hydrogens (tertiary/aromatic N) is 1. The highest BCUT2D eigenvalue weighted by Crippen LogP contribution is 2.15. The van der Waals surface area contributed by atoms with Crippen molar-refractivity contribution in [3.8, 4) is 0 Å². The highest BCUT2D eigenvalue weighted by Gasteiger charge is 2.17. The summed E-state index contributed by atoms with van der Waals surface area (Å²) in [6.45, 7) is 4.62. The van der Waals surface area contributed by atoms with E-state index in [1.165, 1.54) is 0 Å². The number of non-ortho nitro benzene ring substituents is 1. The molecule has 11 nitrogen and oxygen atoms in total. The summed E-state index contributed by atoms with van der Waals surface area (Å²) in [6.07, 6.45) is -0.739. The van der Waals surface area contributed by atoms with Crippen molar-refractivity contribution in [1.82, 2.24) is 15.4 Å². The minimum atomic E-state index is -3.86. The molecule has 2 amide bonds. The second-order valence-corrected chi connectivity index (χ2v) is 8.12. The van der Waals surface area contributed by atoms with Gasteiger partial charge in [0.05, 0.1) is 16.4 Å². The van der Waals surface area contributed by atoms with Crippen LogP contribution in [0, 0.1) is 10.1 Å². The van der Waals surface area contributed by atoms with E-state index in [1.807, 2.05) is 0 Å². The number of rotatable bonds is 8.